The van der Waals surface area contributed by atoms with Crippen LogP contribution in [0.3, 0.4) is 0 Å². The third-order valence-corrected chi connectivity index (χ3v) is 4.71. The molecular weight excluding hydrogens is 364 g/mol. The van der Waals surface area contributed by atoms with Gasteiger partial charge in [0.2, 0.25) is 5.91 Å². The lowest BCUT2D eigenvalue weighted by Crippen LogP contribution is -2.32. The smallest absolute Gasteiger partial charge is 0.286 e. The van der Waals surface area contributed by atoms with Gasteiger partial charge in [0, 0.05) is 12.5 Å². The van der Waals surface area contributed by atoms with E-state index in [0.717, 1.165) is 11.8 Å². The van der Waals surface area contributed by atoms with Crippen LogP contribution in [0.15, 0.2) is 58.4 Å². The summed E-state index contributed by atoms with van der Waals surface area (Å²) in [5.41, 5.74) is 1.11. The number of hydrogen-bond donors (Lipinski definition) is 1. The van der Waals surface area contributed by atoms with Gasteiger partial charge in [-0.1, -0.05) is 18.2 Å². The fourth-order valence-electron chi connectivity index (χ4n) is 2.53. The van der Waals surface area contributed by atoms with E-state index in [0.29, 0.717) is 28.5 Å². The van der Waals surface area contributed by atoms with Gasteiger partial charge in [-0.2, -0.15) is 4.99 Å². The third kappa shape index (κ3) is 4.20. The van der Waals surface area contributed by atoms with Gasteiger partial charge in [0.1, 0.15) is 11.5 Å². The summed E-state index contributed by atoms with van der Waals surface area (Å²) in [6, 6.07) is 13.7. The number of phenolic OH excluding ortho intramolecular Hbond substituents is 1. The fraction of sp³-hybridized carbons (Fsp3) is 0.150. The first-order valence-electron chi connectivity index (χ1n) is 8.33. The number of para-hydroxylation sites is 1. The van der Waals surface area contributed by atoms with Crippen molar-refractivity contribution in [3.63, 3.8) is 0 Å². The molecule has 2 aromatic rings. The van der Waals surface area contributed by atoms with Gasteiger partial charge in [0.05, 0.1) is 17.2 Å². The lowest BCUT2D eigenvalue weighted by Gasteiger charge is -2.20. The second-order valence-corrected chi connectivity index (χ2v) is 6.66. The van der Waals surface area contributed by atoms with Crippen LogP contribution in [0.5, 0.6) is 11.5 Å². The summed E-state index contributed by atoms with van der Waals surface area (Å²) in [6.07, 6.45) is 1.56. The number of phenols is 1. The largest absolute Gasteiger partial charge is 0.507 e. The van der Waals surface area contributed by atoms with Crippen molar-refractivity contribution in [1.29, 1.82) is 0 Å². The molecule has 1 N–H and O–H groups in total. The average molecular weight is 382 g/mol. The number of aromatic hydroxyl groups is 1. The van der Waals surface area contributed by atoms with Crippen LogP contribution in [0.25, 0.3) is 6.08 Å². The van der Waals surface area contributed by atoms with E-state index in [4.69, 9.17) is 4.74 Å². The quantitative estimate of drug-likeness (QED) is 0.814. The molecule has 1 aliphatic rings. The van der Waals surface area contributed by atoms with Crippen molar-refractivity contribution in [3.05, 3.63) is 59.0 Å². The zero-order valence-corrected chi connectivity index (χ0v) is 15.7. The molecule has 0 aliphatic carbocycles. The van der Waals surface area contributed by atoms with Crippen LogP contribution in [0.4, 0.5) is 5.69 Å². The minimum absolute atomic E-state index is 0.0711. The van der Waals surface area contributed by atoms with E-state index in [1.165, 1.54) is 11.8 Å². The van der Waals surface area contributed by atoms with E-state index in [-0.39, 0.29) is 16.8 Å². The van der Waals surface area contributed by atoms with E-state index in [1.807, 2.05) is 6.92 Å². The van der Waals surface area contributed by atoms with Crippen molar-refractivity contribution in [2.24, 2.45) is 4.99 Å². The van der Waals surface area contributed by atoms with E-state index in [9.17, 15) is 14.7 Å². The van der Waals surface area contributed by atoms with E-state index in [1.54, 1.807) is 54.6 Å². The highest BCUT2D eigenvalue weighted by Gasteiger charge is 2.29. The third-order valence-electron chi connectivity index (χ3n) is 3.74. The summed E-state index contributed by atoms with van der Waals surface area (Å²) in [5.74, 6) is 0.0567. The molecule has 0 radical (unpaired) electrons. The highest BCUT2D eigenvalue weighted by molar-refractivity contribution is 8.19. The Kier molecular flexibility index (Phi) is 5.61. The van der Waals surface area contributed by atoms with Crippen molar-refractivity contribution < 1.29 is 19.4 Å². The van der Waals surface area contributed by atoms with Crippen LogP contribution >= 0.6 is 11.8 Å². The summed E-state index contributed by atoms with van der Waals surface area (Å²) in [7, 11) is 0. The second kappa shape index (κ2) is 8.09. The Hall–Kier alpha value is -3.06. The number of amides is 2. The lowest BCUT2D eigenvalue weighted by molar-refractivity contribution is -0.115. The predicted octanol–water partition coefficient (Wildman–Crippen LogP) is 3.81. The number of amidine groups is 1. The molecule has 7 heteroatoms. The number of aliphatic imine (C=N–C) groups is 1. The zero-order chi connectivity index (χ0) is 19.4. The number of anilines is 1. The number of benzene rings is 2. The first-order valence-corrected chi connectivity index (χ1v) is 9.15. The number of carbonyl (C=O) groups is 2. The Labute approximate surface area is 161 Å². The fourth-order valence-corrected chi connectivity index (χ4v) is 3.50. The second-order valence-electron chi connectivity index (χ2n) is 5.65. The molecule has 0 fully saturated rings. The number of hydrogen-bond acceptors (Lipinski definition) is 5. The maximum absolute atomic E-state index is 12.3. The summed E-state index contributed by atoms with van der Waals surface area (Å²) in [4.78, 5) is 30.2. The number of ether oxygens (including phenoxy) is 1. The minimum atomic E-state index is -0.449. The SMILES string of the molecule is CCOc1ccc(N(C(C)=O)C2=NC(=O)/C(=C/c3ccccc3O)S2)cc1. The van der Waals surface area contributed by atoms with Gasteiger partial charge in [-0.25, -0.2) is 0 Å². The van der Waals surface area contributed by atoms with Gasteiger partial charge in [0.15, 0.2) is 5.17 Å². The molecular formula is C20H18N2O4S. The van der Waals surface area contributed by atoms with Crippen molar-refractivity contribution in [1.82, 2.24) is 0 Å². The number of nitrogens with zero attached hydrogens (tertiary/aromatic N) is 2. The molecule has 0 bridgehead atoms. The number of thioether (sulfide) groups is 1. The summed E-state index contributed by atoms with van der Waals surface area (Å²) >= 11 is 1.09. The molecule has 0 atom stereocenters. The Morgan fingerprint density at radius 3 is 2.56 bits per heavy atom. The van der Waals surface area contributed by atoms with Gasteiger partial charge in [-0.05, 0) is 55.1 Å². The van der Waals surface area contributed by atoms with Gasteiger partial charge in [0.25, 0.3) is 5.91 Å². The highest BCUT2D eigenvalue weighted by Crippen LogP contribution is 2.34. The van der Waals surface area contributed by atoms with E-state index >= 15 is 0 Å². The Bertz CT molecular complexity index is 935. The normalized spacial score (nSPS) is 15.0. The molecule has 6 nitrogen and oxygen atoms in total. The summed E-state index contributed by atoms with van der Waals surface area (Å²) < 4.78 is 5.41. The van der Waals surface area contributed by atoms with Gasteiger partial charge >= 0.3 is 0 Å². The average Bonchev–Trinajstić information content (AvgIpc) is 2.98. The monoisotopic (exact) mass is 382 g/mol. The van der Waals surface area contributed by atoms with Crippen LogP contribution in [0.1, 0.15) is 19.4 Å². The van der Waals surface area contributed by atoms with Crippen molar-refractivity contribution in [2.45, 2.75) is 13.8 Å². The van der Waals surface area contributed by atoms with Crippen LogP contribution in [-0.2, 0) is 9.59 Å². The maximum atomic E-state index is 12.3. The number of rotatable bonds is 4. The van der Waals surface area contributed by atoms with Gasteiger partial charge in [-0.15, -0.1) is 0 Å². The standard InChI is InChI=1S/C20H18N2O4S/c1-3-26-16-10-8-15(9-11-16)22(13(2)23)20-21-19(25)18(27-20)12-14-6-4-5-7-17(14)24/h4-12,24H,3H2,1-2H3/b18-12-. The topological polar surface area (TPSA) is 79.2 Å². The maximum Gasteiger partial charge on any atom is 0.286 e. The molecule has 0 aromatic heterocycles. The van der Waals surface area contributed by atoms with E-state index in [2.05, 4.69) is 4.99 Å². The zero-order valence-electron chi connectivity index (χ0n) is 14.9. The number of carbonyl (C=O) groups excluding carboxylic acids is 2. The Morgan fingerprint density at radius 1 is 1.22 bits per heavy atom. The van der Waals surface area contributed by atoms with Crippen molar-refractivity contribution in [3.8, 4) is 11.5 Å². The molecule has 27 heavy (non-hydrogen) atoms. The predicted molar refractivity (Wildman–Crippen MR) is 107 cm³/mol. The minimum Gasteiger partial charge on any atom is -0.507 e. The van der Waals surface area contributed by atoms with Crippen LogP contribution in [0.2, 0.25) is 0 Å². The highest BCUT2D eigenvalue weighted by atomic mass is 32.2. The molecule has 3 rings (SSSR count). The first-order chi connectivity index (χ1) is 13.0. The summed E-state index contributed by atoms with van der Waals surface area (Å²) in [6.45, 7) is 3.85. The lowest BCUT2D eigenvalue weighted by atomic mass is 10.2. The molecule has 0 spiro atoms. The Morgan fingerprint density at radius 2 is 1.93 bits per heavy atom. The van der Waals surface area contributed by atoms with Crippen molar-refractivity contribution >= 4 is 40.5 Å². The van der Waals surface area contributed by atoms with Crippen LogP contribution in [0, 0.1) is 0 Å². The van der Waals surface area contributed by atoms with Crippen LogP contribution < -0.4 is 9.64 Å². The molecule has 1 aliphatic heterocycles. The summed E-state index contributed by atoms with van der Waals surface area (Å²) in [5, 5.41) is 10.2. The van der Waals surface area contributed by atoms with E-state index < -0.39 is 5.91 Å². The molecule has 138 valence electrons. The molecule has 1 heterocycles. The molecule has 0 saturated heterocycles. The Balaban J connectivity index is 1.87. The van der Waals surface area contributed by atoms with Crippen molar-refractivity contribution in [2.75, 3.05) is 11.5 Å². The van der Waals surface area contributed by atoms with Gasteiger partial charge < -0.3 is 9.84 Å². The molecule has 2 aromatic carbocycles. The molecule has 2 amide bonds. The van der Waals surface area contributed by atoms with Gasteiger partial charge in [-0.3, -0.25) is 14.5 Å². The first kappa shape index (κ1) is 18.7. The molecule has 0 saturated carbocycles. The molecule has 0 unspecified atom stereocenters. The van der Waals surface area contributed by atoms with Crippen LogP contribution in [-0.4, -0.2) is 28.7 Å².